The van der Waals surface area contributed by atoms with Crippen molar-refractivity contribution in [2.45, 2.75) is 18.9 Å². The van der Waals surface area contributed by atoms with Crippen LogP contribution in [0.1, 0.15) is 12.8 Å². The number of methoxy groups -OCH3 is 1. The molecule has 0 aliphatic heterocycles. The number of nitrogens with zero attached hydrogens (tertiary/aromatic N) is 1. The molecule has 0 saturated heterocycles. The van der Waals surface area contributed by atoms with E-state index in [-0.39, 0.29) is 0 Å². The van der Waals surface area contributed by atoms with E-state index in [1.807, 2.05) is 0 Å². The van der Waals surface area contributed by atoms with Crippen LogP contribution < -0.4 is 5.73 Å². The summed E-state index contributed by atoms with van der Waals surface area (Å²) in [6.07, 6.45) is 7.77. The Morgan fingerprint density at radius 3 is 2.92 bits per heavy atom. The Morgan fingerprint density at radius 2 is 2.33 bits per heavy atom. The van der Waals surface area contributed by atoms with E-state index in [2.05, 4.69) is 4.99 Å². The molecule has 0 heterocycles. The normalized spacial score (nSPS) is 29.8. The van der Waals surface area contributed by atoms with Crippen LogP contribution in [-0.2, 0) is 4.74 Å². The summed E-state index contributed by atoms with van der Waals surface area (Å²) in [6.45, 7) is 0.907. The van der Waals surface area contributed by atoms with Crippen molar-refractivity contribution in [3.05, 3.63) is 12.3 Å². The van der Waals surface area contributed by atoms with E-state index in [4.69, 9.17) is 10.5 Å². The Morgan fingerprint density at radius 1 is 1.58 bits per heavy atom. The van der Waals surface area contributed by atoms with Crippen molar-refractivity contribution >= 4 is 6.21 Å². The molecule has 3 heteroatoms. The summed E-state index contributed by atoms with van der Waals surface area (Å²) in [7, 11) is 1.77. The van der Waals surface area contributed by atoms with Gasteiger partial charge in [0.15, 0.2) is 0 Å². The van der Waals surface area contributed by atoms with Gasteiger partial charge in [0, 0.05) is 19.9 Å². The van der Waals surface area contributed by atoms with Gasteiger partial charge in [-0.1, -0.05) is 0 Å². The van der Waals surface area contributed by atoms with E-state index >= 15 is 0 Å². The molecule has 0 aromatic carbocycles. The molecule has 0 aromatic rings. The number of rotatable bonds is 4. The van der Waals surface area contributed by atoms with Gasteiger partial charge < -0.3 is 10.5 Å². The van der Waals surface area contributed by atoms with Crippen molar-refractivity contribution in [1.82, 2.24) is 0 Å². The summed E-state index contributed by atoms with van der Waals surface area (Å²) in [4.78, 5) is 4.20. The fourth-order valence-corrected chi connectivity index (χ4v) is 1.34. The molecular weight excluding hydrogens is 152 g/mol. The molecule has 0 aromatic heterocycles. The molecule has 0 spiro atoms. The second-order valence-corrected chi connectivity index (χ2v) is 3.09. The highest BCUT2D eigenvalue weighted by Gasteiger charge is 2.27. The second kappa shape index (κ2) is 4.93. The fraction of sp³-hybridized carbons (Fsp3) is 0.667. The molecule has 1 rings (SSSR count). The Labute approximate surface area is 73.3 Å². The maximum absolute atomic E-state index is 5.16. The SMILES string of the molecule is COC1CC(CN=C/C=C\N)C1. The Kier molecular flexibility index (Phi) is 3.80. The Balaban J connectivity index is 2.03. The topological polar surface area (TPSA) is 47.6 Å². The quantitative estimate of drug-likeness (QED) is 0.635. The van der Waals surface area contributed by atoms with Gasteiger partial charge in [0.25, 0.3) is 0 Å². The van der Waals surface area contributed by atoms with Crippen molar-refractivity contribution in [2.75, 3.05) is 13.7 Å². The number of ether oxygens (including phenoxy) is 1. The highest BCUT2D eigenvalue weighted by Crippen LogP contribution is 2.29. The van der Waals surface area contributed by atoms with Gasteiger partial charge in [0.05, 0.1) is 6.10 Å². The molecule has 0 amide bonds. The minimum atomic E-state index is 0.482. The maximum Gasteiger partial charge on any atom is 0.0578 e. The summed E-state index contributed by atoms with van der Waals surface area (Å²) < 4.78 is 5.16. The first kappa shape index (κ1) is 9.26. The molecule has 1 fully saturated rings. The third kappa shape index (κ3) is 2.66. The van der Waals surface area contributed by atoms with Gasteiger partial charge >= 0.3 is 0 Å². The van der Waals surface area contributed by atoms with Crippen molar-refractivity contribution in [3.8, 4) is 0 Å². The highest BCUT2D eigenvalue weighted by molar-refractivity contribution is 5.70. The lowest BCUT2D eigenvalue weighted by atomic mass is 9.82. The lowest BCUT2D eigenvalue weighted by molar-refractivity contribution is 0.00452. The standard InChI is InChI=1S/C9H16N2O/c1-12-9-5-8(6-9)7-11-4-2-3-10/h2-4,8-9H,5-7,10H2,1H3/b3-2-,11-4?. The van der Waals surface area contributed by atoms with Crippen LogP contribution in [0.2, 0.25) is 0 Å². The molecule has 12 heavy (non-hydrogen) atoms. The summed E-state index contributed by atoms with van der Waals surface area (Å²) in [5, 5.41) is 0. The van der Waals surface area contributed by atoms with E-state index in [0.29, 0.717) is 6.10 Å². The summed E-state index contributed by atoms with van der Waals surface area (Å²) in [5.41, 5.74) is 5.14. The van der Waals surface area contributed by atoms with Crippen LogP contribution in [0.25, 0.3) is 0 Å². The van der Waals surface area contributed by atoms with Gasteiger partial charge in [-0.25, -0.2) is 0 Å². The summed E-state index contributed by atoms with van der Waals surface area (Å²) in [6, 6.07) is 0. The molecule has 68 valence electrons. The number of hydrogen-bond acceptors (Lipinski definition) is 3. The van der Waals surface area contributed by atoms with Crippen LogP contribution in [0, 0.1) is 5.92 Å². The predicted octanol–water partition coefficient (Wildman–Crippen LogP) is 0.955. The van der Waals surface area contributed by atoms with Crippen LogP contribution in [0.5, 0.6) is 0 Å². The number of hydrogen-bond donors (Lipinski definition) is 1. The van der Waals surface area contributed by atoms with Crippen LogP contribution in [0.4, 0.5) is 0 Å². The highest BCUT2D eigenvalue weighted by atomic mass is 16.5. The largest absolute Gasteiger partial charge is 0.405 e. The second-order valence-electron chi connectivity index (χ2n) is 3.09. The van der Waals surface area contributed by atoms with Gasteiger partial charge in [-0.15, -0.1) is 0 Å². The van der Waals surface area contributed by atoms with Crippen LogP contribution in [-0.4, -0.2) is 26.0 Å². The zero-order chi connectivity index (χ0) is 8.81. The first-order valence-corrected chi connectivity index (χ1v) is 4.26. The van der Waals surface area contributed by atoms with Gasteiger partial charge in [0.1, 0.15) is 0 Å². The Hall–Kier alpha value is -0.830. The van der Waals surface area contributed by atoms with Crippen LogP contribution in [0.3, 0.4) is 0 Å². The van der Waals surface area contributed by atoms with Crippen molar-refractivity contribution in [2.24, 2.45) is 16.6 Å². The molecule has 2 N–H and O–H groups in total. The van der Waals surface area contributed by atoms with Crippen molar-refractivity contribution < 1.29 is 4.74 Å². The zero-order valence-corrected chi connectivity index (χ0v) is 7.44. The van der Waals surface area contributed by atoms with E-state index in [1.165, 1.54) is 6.20 Å². The average Bonchev–Trinajstić information content (AvgIpc) is 2.01. The lowest BCUT2D eigenvalue weighted by Gasteiger charge is -2.32. The van der Waals surface area contributed by atoms with Crippen molar-refractivity contribution in [3.63, 3.8) is 0 Å². The monoisotopic (exact) mass is 168 g/mol. The van der Waals surface area contributed by atoms with E-state index in [1.54, 1.807) is 19.4 Å². The van der Waals surface area contributed by atoms with Crippen LogP contribution >= 0.6 is 0 Å². The minimum Gasteiger partial charge on any atom is -0.405 e. The van der Waals surface area contributed by atoms with Gasteiger partial charge in [-0.3, -0.25) is 4.99 Å². The molecule has 0 bridgehead atoms. The first-order valence-electron chi connectivity index (χ1n) is 4.26. The lowest BCUT2D eigenvalue weighted by Crippen LogP contribution is -2.32. The Bertz CT molecular complexity index is 171. The molecule has 3 nitrogen and oxygen atoms in total. The number of allylic oxidation sites excluding steroid dienone is 1. The van der Waals surface area contributed by atoms with E-state index in [9.17, 15) is 0 Å². The summed E-state index contributed by atoms with van der Waals surface area (Å²) in [5.74, 6) is 0.720. The van der Waals surface area contributed by atoms with Crippen LogP contribution in [0.15, 0.2) is 17.3 Å². The van der Waals surface area contributed by atoms with E-state index < -0.39 is 0 Å². The minimum absolute atomic E-state index is 0.482. The van der Waals surface area contributed by atoms with E-state index in [0.717, 1.165) is 25.3 Å². The van der Waals surface area contributed by atoms with Gasteiger partial charge in [0.2, 0.25) is 0 Å². The first-order chi connectivity index (χ1) is 5.86. The molecular formula is C9H16N2O. The third-order valence-electron chi connectivity index (χ3n) is 2.19. The predicted molar refractivity (Wildman–Crippen MR) is 50.2 cm³/mol. The molecule has 0 atom stereocenters. The molecule has 0 radical (unpaired) electrons. The third-order valence-corrected chi connectivity index (χ3v) is 2.19. The fourth-order valence-electron chi connectivity index (χ4n) is 1.34. The average molecular weight is 168 g/mol. The molecule has 1 aliphatic rings. The number of aliphatic imine (C=N–C) groups is 1. The van der Waals surface area contributed by atoms with Crippen molar-refractivity contribution in [1.29, 1.82) is 0 Å². The molecule has 0 unspecified atom stereocenters. The number of nitrogens with two attached hydrogens (primary N) is 1. The molecule has 1 aliphatic carbocycles. The molecule has 1 saturated carbocycles. The summed E-state index contributed by atoms with van der Waals surface area (Å²) >= 11 is 0. The zero-order valence-electron chi connectivity index (χ0n) is 7.44. The maximum atomic E-state index is 5.16. The smallest absolute Gasteiger partial charge is 0.0578 e. The van der Waals surface area contributed by atoms with Gasteiger partial charge in [-0.05, 0) is 31.0 Å². The van der Waals surface area contributed by atoms with Gasteiger partial charge in [-0.2, -0.15) is 0 Å².